The topological polar surface area (TPSA) is 75.6 Å². The number of rotatable bonds is 7. The van der Waals surface area contributed by atoms with Gasteiger partial charge in [0.2, 0.25) is 0 Å². The molecule has 0 bridgehead atoms. The lowest BCUT2D eigenvalue weighted by atomic mass is 10.1. The Morgan fingerprint density at radius 3 is 2.58 bits per heavy atom. The Kier molecular flexibility index (Phi) is 6.43. The summed E-state index contributed by atoms with van der Waals surface area (Å²) in [5, 5.41) is 11.0. The molecular formula is C14H19NO4. The molecule has 1 aromatic carbocycles. The van der Waals surface area contributed by atoms with Gasteiger partial charge in [-0.05, 0) is 12.0 Å². The first-order valence-corrected chi connectivity index (χ1v) is 6.33. The molecule has 5 heteroatoms. The molecule has 1 aromatic rings. The molecule has 0 aliphatic carbocycles. The number of benzene rings is 1. The van der Waals surface area contributed by atoms with E-state index in [1.165, 1.54) is 0 Å². The molecule has 0 heterocycles. The highest BCUT2D eigenvalue weighted by atomic mass is 16.5. The van der Waals surface area contributed by atoms with Crippen LogP contribution in [0, 0.1) is 0 Å². The smallest absolute Gasteiger partial charge is 0.405 e. The van der Waals surface area contributed by atoms with Crippen molar-refractivity contribution in [2.45, 2.75) is 32.2 Å². The van der Waals surface area contributed by atoms with Crippen LogP contribution in [0.3, 0.4) is 0 Å². The van der Waals surface area contributed by atoms with Crippen molar-refractivity contribution in [3.63, 3.8) is 0 Å². The summed E-state index contributed by atoms with van der Waals surface area (Å²) in [7, 11) is 0. The average Bonchev–Trinajstić information content (AvgIpc) is 2.39. The molecule has 0 unspecified atom stereocenters. The van der Waals surface area contributed by atoms with E-state index in [2.05, 4.69) is 5.32 Å². The average molecular weight is 265 g/mol. The van der Waals surface area contributed by atoms with Gasteiger partial charge in [0.05, 0.1) is 6.61 Å². The van der Waals surface area contributed by atoms with Crippen LogP contribution in [-0.2, 0) is 16.0 Å². The molecule has 0 aliphatic rings. The molecule has 1 atom stereocenters. The van der Waals surface area contributed by atoms with E-state index in [-0.39, 0.29) is 6.42 Å². The highest BCUT2D eigenvalue weighted by molar-refractivity contribution is 5.81. The minimum atomic E-state index is -1.23. The van der Waals surface area contributed by atoms with Gasteiger partial charge >= 0.3 is 12.1 Å². The SMILES string of the molecule is CCCCOC(=O)[C@H](Cc1ccccc1)NC(=O)O. The van der Waals surface area contributed by atoms with E-state index in [4.69, 9.17) is 9.84 Å². The largest absolute Gasteiger partial charge is 0.465 e. The number of amides is 1. The molecule has 19 heavy (non-hydrogen) atoms. The third-order valence-corrected chi connectivity index (χ3v) is 2.61. The van der Waals surface area contributed by atoms with E-state index < -0.39 is 18.1 Å². The lowest BCUT2D eigenvalue weighted by Gasteiger charge is -2.16. The second-order valence-electron chi connectivity index (χ2n) is 4.21. The molecule has 0 radical (unpaired) electrons. The van der Waals surface area contributed by atoms with Crippen molar-refractivity contribution < 1.29 is 19.4 Å². The van der Waals surface area contributed by atoms with Crippen LogP contribution in [-0.4, -0.2) is 29.8 Å². The van der Waals surface area contributed by atoms with Gasteiger partial charge in [0.1, 0.15) is 6.04 Å². The van der Waals surface area contributed by atoms with Crippen LogP contribution in [0.1, 0.15) is 25.3 Å². The maximum Gasteiger partial charge on any atom is 0.405 e. The molecule has 0 saturated carbocycles. The van der Waals surface area contributed by atoms with Gasteiger partial charge in [-0.2, -0.15) is 0 Å². The second-order valence-corrected chi connectivity index (χ2v) is 4.21. The Bertz CT molecular complexity index is 405. The predicted octanol–water partition coefficient (Wildman–Crippen LogP) is 2.21. The van der Waals surface area contributed by atoms with Crippen LogP contribution in [0.2, 0.25) is 0 Å². The third kappa shape index (κ3) is 5.90. The Morgan fingerprint density at radius 1 is 1.32 bits per heavy atom. The summed E-state index contributed by atoms with van der Waals surface area (Å²) in [5.74, 6) is -0.528. The van der Waals surface area contributed by atoms with E-state index in [0.29, 0.717) is 6.61 Å². The van der Waals surface area contributed by atoms with E-state index in [1.54, 1.807) is 0 Å². The lowest BCUT2D eigenvalue weighted by molar-refractivity contribution is -0.146. The lowest BCUT2D eigenvalue weighted by Crippen LogP contribution is -2.42. The first kappa shape index (κ1) is 15.0. The molecule has 0 aromatic heterocycles. The fourth-order valence-electron chi connectivity index (χ4n) is 1.61. The van der Waals surface area contributed by atoms with Crippen molar-refractivity contribution in [3.8, 4) is 0 Å². The summed E-state index contributed by atoms with van der Waals surface area (Å²) in [6, 6.07) is 8.37. The molecule has 1 amide bonds. The number of carboxylic acid groups (broad SMARTS) is 1. The molecule has 5 nitrogen and oxygen atoms in total. The van der Waals surface area contributed by atoms with Crippen molar-refractivity contribution in [3.05, 3.63) is 35.9 Å². The summed E-state index contributed by atoms with van der Waals surface area (Å²) in [6.07, 6.45) is 0.756. The van der Waals surface area contributed by atoms with Gasteiger partial charge in [0.15, 0.2) is 0 Å². The van der Waals surface area contributed by atoms with Gasteiger partial charge in [-0.1, -0.05) is 43.7 Å². The van der Waals surface area contributed by atoms with Crippen LogP contribution in [0.15, 0.2) is 30.3 Å². The van der Waals surface area contributed by atoms with Gasteiger partial charge in [-0.15, -0.1) is 0 Å². The predicted molar refractivity (Wildman–Crippen MR) is 71.0 cm³/mol. The number of unbranched alkanes of at least 4 members (excludes halogenated alkanes) is 1. The maximum atomic E-state index is 11.8. The highest BCUT2D eigenvalue weighted by Crippen LogP contribution is 2.05. The first-order valence-electron chi connectivity index (χ1n) is 6.33. The van der Waals surface area contributed by atoms with E-state index in [9.17, 15) is 9.59 Å². The van der Waals surface area contributed by atoms with Crippen LogP contribution >= 0.6 is 0 Å². The number of hydrogen-bond acceptors (Lipinski definition) is 3. The van der Waals surface area contributed by atoms with Crippen molar-refractivity contribution in [1.29, 1.82) is 0 Å². The normalized spacial score (nSPS) is 11.6. The van der Waals surface area contributed by atoms with Crippen molar-refractivity contribution in [1.82, 2.24) is 5.32 Å². The number of ether oxygens (including phenoxy) is 1. The van der Waals surface area contributed by atoms with Crippen LogP contribution < -0.4 is 5.32 Å². The zero-order valence-electron chi connectivity index (χ0n) is 11.0. The summed E-state index contributed by atoms with van der Waals surface area (Å²) in [5.41, 5.74) is 0.883. The zero-order chi connectivity index (χ0) is 14.1. The van der Waals surface area contributed by atoms with Gasteiger partial charge in [-0.25, -0.2) is 9.59 Å². The number of hydrogen-bond donors (Lipinski definition) is 2. The van der Waals surface area contributed by atoms with Crippen LogP contribution in [0.5, 0.6) is 0 Å². The van der Waals surface area contributed by atoms with Crippen LogP contribution in [0.4, 0.5) is 4.79 Å². The number of carbonyl (C=O) groups excluding carboxylic acids is 1. The van der Waals surface area contributed by atoms with Gasteiger partial charge in [-0.3, -0.25) is 0 Å². The second kappa shape index (κ2) is 8.13. The van der Waals surface area contributed by atoms with Gasteiger partial charge < -0.3 is 15.2 Å². The molecule has 1 rings (SSSR count). The molecule has 104 valence electrons. The fourth-order valence-corrected chi connectivity index (χ4v) is 1.61. The van der Waals surface area contributed by atoms with E-state index >= 15 is 0 Å². The molecule has 0 saturated heterocycles. The quantitative estimate of drug-likeness (QED) is 0.585. The van der Waals surface area contributed by atoms with Crippen LogP contribution in [0.25, 0.3) is 0 Å². The molecule has 0 fully saturated rings. The van der Waals surface area contributed by atoms with Crippen molar-refractivity contribution >= 4 is 12.1 Å². The number of esters is 1. The maximum absolute atomic E-state index is 11.8. The Labute approximate surface area is 112 Å². The molecular weight excluding hydrogens is 246 g/mol. The first-order chi connectivity index (χ1) is 9.13. The summed E-state index contributed by atoms with van der Waals surface area (Å²) < 4.78 is 5.05. The van der Waals surface area contributed by atoms with Crippen molar-refractivity contribution in [2.75, 3.05) is 6.61 Å². The molecule has 0 aliphatic heterocycles. The molecule has 0 spiro atoms. The van der Waals surface area contributed by atoms with Crippen molar-refractivity contribution in [2.24, 2.45) is 0 Å². The minimum Gasteiger partial charge on any atom is -0.465 e. The Morgan fingerprint density at radius 2 is 2.00 bits per heavy atom. The molecule has 2 N–H and O–H groups in total. The van der Waals surface area contributed by atoms with Gasteiger partial charge in [0, 0.05) is 6.42 Å². The number of nitrogens with one attached hydrogen (secondary N) is 1. The van der Waals surface area contributed by atoms with Gasteiger partial charge in [0.25, 0.3) is 0 Å². The standard InChI is InChI=1S/C14H19NO4/c1-2-3-9-19-13(16)12(15-14(17)18)10-11-7-5-4-6-8-11/h4-8,12,15H,2-3,9-10H2,1H3,(H,17,18)/t12-/m0/s1. The monoisotopic (exact) mass is 265 g/mol. The summed E-state index contributed by atoms with van der Waals surface area (Å²) >= 11 is 0. The highest BCUT2D eigenvalue weighted by Gasteiger charge is 2.22. The number of carbonyl (C=O) groups is 2. The summed E-state index contributed by atoms with van der Waals surface area (Å²) in [4.78, 5) is 22.5. The Hall–Kier alpha value is -2.04. The third-order valence-electron chi connectivity index (χ3n) is 2.61. The van der Waals surface area contributed by atoms with E-state index in [0.717, 1.165) is 18.4 Å². The Balaban J connectivity index is 2.60. The zero-order valence-corrected chi connectivity index (χ0v) is 11.0. The van der Waals surface area contributed by atoms with E-state index in [1.807, 2.05) is 37.3 Å². The summed E-state index contributed by atoms with van der Waals surface area (Å²) in [6.45, 7) is 2.31. The fraction of sp³-hybridized carbons (Fsp3) is 0.429. The minimum absolute atomic E-state index is 0.290.